The highest BCUT2D eigenvalue weighted by molar-refractivity contribution is 6.21. The van der Waals surface area contributed by atoms with E-state index in [-0.39, 0.29) is 0 Å². The van der Waals surface area contributed by atoms with E-state index in [1.54, 1.807) is 0 Å². The van der Waals surface area contributed by atoms with Crippen LogP contribution < -0.4 is 0 Å². The molecule has 0 unspecified atom stereocenters. The molecule has 144 valence electrons. The molecule has 1 aliphatic rings. The van der Waals surface area contributed by atoms with Gasteiger partial charge in [-0.3, -0.25) is 0 Å². The second-order valence-electron chi connectivity index (χ2n) is 8.20. The smallest absolute Gasteiger partial charge is 0.0626 e. The lowest BCUT2D eigenvalue weighted by atomic mass is 10.0. The summed E-state index contributed by atoms with van der Waals surface area (Å²) >= 11 is 0. The summed E-state index contributed by atoms with van der Waals surface area (Å²) in [4.78, 5) is 0. The highest BCUT2D eigenvalue weighted by Gasteiger charge is 2.28. The molecule has 1 heterocycles. The molecule has 1 aromatic heterocycles. The first-order valence-corrected chi connectivity index (χ1v) is 10.7. The third-order valence-electron chi connectivity index (χ3n) is 6.54. The maximum atomic E-state index is 2.44. The fourth-order valence-electron chi connectivity index (χ4n) is 5.22. The summed E-state index contributed by atoms with van der Waals surface area (Å²) in [6.07, 6.45) is 0. The summed E-state index contributed by atoms with van der Waals surface area (Å²) in [5.74, 6) is 0. The second-order valence-corrected chi connectivity index (χ2v) is 8.20. The first-order chi connectivity index (χ1) is 15.4. The minimum Gasteiger partial charge on any atom is -0.309 e. The number of benzene rings is 5. The average Bonchev–Trinajstić information content (AvgIpc) is 3.35. The average molecular weight is 393 g/mol. The summed E-state index contributed by atoms with van der Waals surface area (Å²) in [5.41, 5.74) is 10.3. The molecule has 1 aliphatic carbocycles. The number of nitrogens with zero attached hydrogens (tertiary/aromatic N) is 1. The van der Waals surface area contributed by atoms with Gasteiger partial charge in [0.05, 0.1) is 11.2 Å². The highest BCUT2D eigenvalue weighted by atomic mass is 15.0. The number of hydrogen-bond donors (Lipinski definition) is 0. The van der Waals surface area contributed by atoms with Crippen molar-refractivity contribution < 1.29 is 0 Å². The monoisotopic (exact) mass is 393 g/mol. The zero-order valence-corrected chi connectivity index (χ0v) is 16.9. The fraction of sp³-hybridized carbons (Fsp3) is 0. The van der Waals surface area contributed by atoms with E-state index in [4.69, 9.17) is 0 Å². The van der Waals surface area contributed by atoms with Crippen molar-refractivity contribution in [2.45, 2.75) is 0 Å². The standard InChI is InChI=1S/C30H19N/c1-2-8-20(9-3-1)21-16-18-23(19-17-21)31-27-15-5-4-12-24(27)29-25-13-6-10-22-11-7-14-26(28(22)25)30(29)31/h1-19H. The van der Waals surface area contributed by atoms with Crippen molar-refractivity contribution in [3.63, 3.8) is 0 Å². The molecule has 0 saturated carbocycles. The minimum absolute atomic E-state index is 1.20. The second kappa shape index (κ2) is 6.20. The Morgan fingerprint density at radius 2 is 1.16 bits per heavy atom. The summed E-state index contributed by atoms with van der Waals surface area (Å²) in [6.45, 7) is 0. The van der Waals surface area contributed by atoms with Crippen LogP contribution in [0.4, 0.5) is 0 Å². The van der Waals surface area contributed by atoms with Crippen molar-refractivity contribution >= 4 is 21.7 Å². The lowest BCUT2D eigenvalue weighted by molar-refractivity contribution is 1.14. The molecule has 6 aromatic rings. The molecule has 0 atom stereocenters. The molecule has 0 spiro atoms. The molecule has 0 bridgehead atoms. The molecule has 31 heavy (non-hydrogen) atoms. The predicted octanol–water partition coefficient (Wildman–Crippen LogP) is 8.10. The highest BCUT2D eigenvalue weighted by Crippen LogP contribution is 2.52. The summed E-state index contributed by atoms with van der Waals surface area (Å²) in [7, 11) is 0. The Balaban J connectivity index is 1.53. The van der Waals surface area contributed by atoms with Gasteiger partial charge in [0, 0.05) is 22.2 Å². The van der Waals surface area contributed by atoms with Crippen LogP contribution >= 0.6 is 0 Å². The molecule has 0 saturated heterocycles. The SMILES string of the molecule is c1ccc(-c2ccc(-n3c4c(c5ccccc53)-c3cccc5cccc-4c35)cc2)cc1. The van der Waals surface area contributed by atoms with E-state index in [1.807, 2.05) is 0 Å². The fourth-order valence-corrected chi connectivity index (χ4v) is 5.22. The molecule has 5 aromatic carbocycles. The van der Waals surface area contributed by atoms with Crippen molar-refractivity contribution in [1.82, 2.24) is 4.57 Å². The van der Waals surface area contributed by atoms with E-state index in [1.165, 1.54) is 60.9 Å². The van der Waals surface area contributed by atoms with Gasteiger partial charge in [-0.05, 0) is 45.7 Å². The normalized spacial score (nSPS) is 11.9. The van der Waals surface area contributed by atoms with E-state index < -0.39 is 0 Å². The number of rotatable bonds is 2. The van der Waals surface area contributed by atoms with Gasteiger partial charge in [-0.1, -0.05) is 97.1 Å². The maximum Gasteiger partial charge on any atom is 0.0626 e. The van der Waals surface area contributed by atoms with Crippen LogP contribution in [0.5, 0.6) is 0 Å². The van der Waals surface area contributed by atoms with Gasteiger partial charge >= 0.3 is 0 Å². The van der Waals surface area contributed by atoms with Gasteiger partial charge in [0.25, 0.3) is 0 Å². The van der Waals surface area contributed by atoms with Gasteiger partial charge in [-0.15, -0.1) is 0 Å². The lowest BCUT2D eigenvalue weighted by Crippen LogP contribution is -1.96. The Morgan fingerprint density at radius 3 is 1.97 bits per heavy atom. The summed E-state index contributed by atoms with van der Waals surface area (Å²) in [6, 6.07) is 41.6. The van der Waals surface area contributed by atoms with E-state index >= 15 is 0 Å². The van der Waals surface area contributed by atoms with Crippen LogP contribution in [0.3, 0.4) is 0 Å². The Morgan fingerprint density at radius 1 is 0.484 bits per heavy atom. The molecule has 0 aliphatic heterocycles. The van der Waals surface area contributed by atoms with E-state index in [2.05, 4.69) is 120 Å². The van der Waals surface area contributed by atoms with Crippen LogP contribution in [0, 0.1) is 0 Å². The molecule has 7 rings (SSSR count). The van der Waals surface area contributed by atoms with Gasteiger partial charge in [0.2, 0.25) is 0 Å². The molecular formula is C30H19N. The van der Waals surface area contributed by atoms with Crippen molar-refractivity contribution in [3.05, 3.63) is 115 Å². The molecule has 0 N–H and O–H groups in total. The van der Waals surface area contributed by atoms with Crippen molar-refractivity contribution in [3.8, 4) is 39.2 Å². The quantitative estimate of drug-likeness (QED) is 0.280. The van der Waals surface area contributed by atoms with Gasteiger partial charge in [-0.25, -0.2) is 0 Å². The first-order valence-electron chi connectivity index (χ1n) is 10.7. The zero-order chi connectivity index (χ0) is 20.4. The van der Waals surface area contributed by atoms with Gasteiger partial charge in [0.1, 0.15) is 0 Å². The van der Waals surface area contributed by atoms with Crippen LogP contribution in [-0.2, 0) is 0 Å². The van der Waals surface area contributed by atoms with Crippen molar-refractivity contribution in [1.29, 1.82) is 0 Å². The number of fused-ring (bicyclic) bond motifs is 5. The Hall–Kier alpha value is -4.10. The van der Waals surface area contributed by atoms with Crippen LogP contribution in [0.25, 0.3) is 60.9 Å². The van der Waals surface area contributed by atoms with Gasteiger partial charge in [-0.2, -0.15) is 0 Å². The van der Waals surface area contributed by atoms with Crippen LogP contribution in [-0.4, -0.2) is 4.57 Å². The maximum absolute atomic E-state index is 2.44. The molecule has 0 fully saturated rings. The van der Waals surface area contributed by atoms with Crippen LogP contribution in [0.1, 0.15) is 0 Å². The summed E-state index contributed by atoms with van der Waals surface area (Å²) in [5, 5.41) is 3.99. The molecule has 0 amide bonds. The third kappa shape index (κ3) is 2.26. The molecule has 0 radical (unpaired) electrons. The Kier molecular flexibility index (Phi) is 3.33. The largest absolute Gasteiger partial charge is 0.309 e. The number of aromatic nitrogens is 1. The van der Waals surface area contributed by atoms with Gasteiger partial charge in [0.15, 0.2) is 0 Å². The van der Waals surface area contributed by atoms with Gasteiger partial charge < -0.3 is 4.57 Å². The predicted molar refractivity (Wildman–Crippen MR) is 131 cm³/mol. The lowest BCUT2D eigenvalue weighted by Gasteiger charge is -2.12. The minimum atomic E-state index is 1.20. The number of hydrogen-bond acceptors (Lipinski definition) is 0. The zero-order valence-electron chi connectivity index (χ0n) is 16.9. The van der Waals surface area contributed by atoms with E-state index in [9.17, 15) is 0 Å². The Bertz CT molecular complexity index is 1600. The van der Waals surface area contributed by atoms with Crippen molar-refractivity contribution in [2.24, 2.45) is 0 Å². The molecule has 1 nitrogen and oxygen atoms in total. The molecule has 1 heteroatoms. The van der Waals surface area contributed by atoms with E-state index in [0.717, 1.165) is 0 Å². The topological polar surface area (TPSA) is 4.93 Å². The Labute approximate surface area is 180 Å². The van der Waals surface area contributed by atoms with Crippen LogP contribution in [0.2, 0.25) is 0 Å². The first kappa shape index (κ1) is 16.7. The number of para-hydroxylation sites is 1. The third-order valence-corrected chi connectivity index (χ3v) is 6.54. The summed E-state index contributed by atoms with van der Waals surface area (Å²) < 4.78 is 2.44. The van der Waals surface area contributed by atoms with Crippen LogP contribution in [0.15, 0.2) is 115 Å². The van der Waals surface area contributed by atoms with E-state index in [0.29, 0.717) is 0 Å². The van der Waals surface area contributed by atoms with Crippen molar-refractivity contribution in [2.75, 3.05) is 0 Å². The molecular weight excluding hydrogens is 374 g/mol.